The molecule has 2 aromatic carbocycles. The van der Waals surface area contributed by atoms with Crippen molar-refractivity contribution >= 4 is 29.0 Å². The molecule has 0 unspecified atom stereocenters. The first-order valence-corrected chi connectivity index (χ1v) is 11.6. The van der Waals surface area contributed by atoms with Crippen LogP contribution in [0.25, 0.3) is 27.9 Å². The maximum atomic E-state index is 12.3. The molecule has 0 radical (unpaired) electrons. The molecule has 9 heteroatoms. The fourth-order valence-corrected chi connectivity index (χ4v) is 4.80. The number of aromatic hydroxyl groups is 1. The Bertz CT molecular complexity index is 1450. The summed E-state index contributed by atoms with van der Waals surface area (Å²) in [4.78, 5) is 18.9. The minimum atomic E-state index is -0.199. The lowest BCUT2D eigenvalue weighted by molar-refractivity contribution is 0.479. The third-order valence-corrected chi connectivity index (χ3v) is 6.67. The lowest BCUT2D eigenvalue weighted by atomic mass is 9.97. The number of nitrogens with two attached hydrogens (primary N) is 1. The van der Waals surface area contributed by atoms with Gasteiger partial charge in [0, 0.05) is 60.9 Å². The molecule has 34 heavy (non-hydrogen) atoms. The van der Waals surface area contributed by atoms with Gasteiger partial charge in [0.05, 0.1) is 10.7 Å². The minimum absolute atomic E-state index is 0.0837. The summed E-state index contributed by atoms with van der Waals surface area (Å²) in [6.07, 6.45) is 5.97. The van der Waals surface area contributed by atoms with Crippen molar-refractivity contribution in [3.63, 3.8) is 0 Å². The summed E-state index contributed by atoms with van der Waals surface area (Å²) < 4.78 is 2.94. The largest absolute Gasteiger partial charge is 0.507 e. The third kappa shape index (κ3) is 4.07. The monoisotopic (exact) mass is 495 g/mol. The van der Waals surface area contributed by atoms with E-state index in [1.54, 1.807) is 56.0 Å². The lowest BCUT2D eigenvalue weighted by Crippen LogP contribution is -2.26. The summed E-state index contributed by atoms with van der Waals surface area (Å²) in [5.74, 6) is 0.896. The molecular weight excluding hydrogens is 473 g/mol. The number of rotatable bonds is 4. The predicted octanol–water partition coefficient (Wildman–Crippen LogP) is 4.45. The van der Waals surface area contributed by atoms with Crippen LogP contribution >= 0.6 is 23.2 Å². The van der Waals surface area contributed by atoms with E-state index >= 15 is 0 Å². The Kier molecular flexibility index (Phi) is 5.85. The first-order chi connectivity index (χ1) is 16.3. The average Bonchev–Trinajstić information content (AvgIpc) is 3.40. The fourth-order valence-electron chi connectivity index (χ4n) is 4.31. The molecule has 0 spiro atoms. The molecule has 1 aliphatic heterocycles. The van der Waals surface area contributed by atoms with Crippen LogP contribution in [-0.2, 0) is 7.05 Å². The molecular formula is C25H23Cl2N5O2. The number of halogens is 2. The molecule has 3 heterocycles. The van der Waals surface area contributed by atoms with Crippen LogP contribution in [0.15, 0.2) is 65.8 Å². The number of pyridine rings is 1. The second kappa shape index (κ2) is 8.83. The number of hydrogen-bond acceptors (Lipinski definition) is 5. The molecule has 7 nitrogen and oxygen atoms in total. The van der Waals surface area contributed by atoms with Crippen LogP contribution in [0.2, 0.25) is 10.0 Å². The smallest absolute Gasteiger partial charge is 0.332 e. The second-order valence-electron chi connectivity index (χ2n) is 8.47. The standard InChI is InChI=1S/C25H23Cl2N5O2/c1-30-8-9-32(25(30)34)22-3-2-15(10-21(22)27)19-12-17(26)13-20(24(19)33)16-4-6-29-23(11-16)31-7-5-18(28)14-31/h2-4,6,8-13,18,33H,5,7,14,28H2,1H3/t18-/m0/s1. The van der Waals surface area contributed by atoms with Crippen molar-refractivity contribution in [1.29, 1.82) is 0 Å². The normalized spacial score (nSPS) is 15.8. The van der Waals surface area contributed by atoms with E-state index in [4.69, 9.17) is 28.9 Å². The van der Waals surface area contributed by atoms with Gasteiger partial charge in [0.1, 0.15) is 11.6 Å². The first kappa shape index (κ1) is 22.5. The highest BCUT2D eigenvalue weighted by Gasteiger charge is 2.21. The number of aromatic nitrogens is 3. The summed E-state index contributed by atoms with van der Waals surface area (Å²) in [6.45, 7) is 1.60. The number of nitrogens with zero attached hydrogens (tertiary/aromatic N) is 4. The number of phenolic OH excluding ortho intramolecular Hbond substituents is 1. The highest BCUT2D eigenvalue weighted by Crippen LogP contribution is 2.42. The van der Waals surface area contributed by atoms with E-state index < -0.39 is 0 Å². The lowest BCUT2D eigenvalue weighted by Gasteiger charge is -2.18. The van der Waals surface area contributed by atoms with Crippen LogP contribution in [0.4, 0.5) is 5.82 Å². The summed E-state index contributed by atoms with van der Waals surface area (Å²) in [5, 5.41) is 12.1. The van der Waals surface area contributed by atoms with Crippen LogP contribution < -0.4 is 16.3 Å². The van der Waals surface area contributed by atoms with E-state index in [0.29, 0.717) is 32.4 Å². The maximum Gasteiger partial charge on any atom is 0.332 e. The van der Waals surface area contributed by atoms with Crippen LogP contribution in [0.5, 0.6) is 5.75 Å². The van der Waals surface area contributed by atoms with Gasteiger partial charge in [0.25, 0.3) is 0 Å². The Morgan fingerprint density at radius 2 is 1.79 bits per heavy atom. The van der Waals surface area contributed by atoms with Gasteiger partial charge in [-0.05, 0) is 53.9 Å². The molecule has 1 saturated heterocycles. The summed E-state index contributed by atoms with van der Waals surface area (Å²) in [7, 11) is 1.68. The van der Waals surface area contributed by atoms with E-state index in [-0.39, 0.29) is 17.5 Å². The number of phenols is 1. The molecule has 174 valence electrons. The van der Waals surface area contributed by atoms with Gasteiger partial charge < -0.3 is 20.3 Å². The van der Waals surface area contributed by atoms with Gasteiger partial charge >= 0.3 is 5.69 Å². The van der Waals surface area contributed by atoms with Crippen LogP contribution in [0, 0.1) is 0 Å². The SMILES string of the molecule is Cn1ccn(-c2ccc(-c3cc(Cl)cc(-c4ccnc(N5CC[C@H](N)C5)c4)c3O)cc2Cl)c1=O. The molecule has 1 fully saturated rings. The van der Waals surface area contributed by atoms with Gasteiger partial charge in [0.2, 0.25) is 0 Å². The Hall–Kier alpha value is -3.26. The van der Waals surface area contributed by atoms with E-state index in [9.17, 15) is 9.90 Å². The number of anilines is 1. The van der Waals surface area contributed by atoms with Gasteiger partial charge in [-0.25, -0.2) is 9.78 Å². The van der Waals surface area contributed by atoms with Crippen LogP contribution in [0.1, 0.15) is 6.42 Å². The first-order valence-electron chi connectivity index (χ1n) is 10.9. The van der Waals surface area contributed by atoms with Crippen molar-refractivity contribution in [1.82, 2.24) is 14.1 Å². The zero-order valence-electron chi connectivity index (χ0n) is 18.4. The molecule has 1 atom stereocenters. The molecule has 0 saturated carbocycles. The molecule has 5 rings (SSSR count). The number of imidazole rings is 1. The van der Waals surface area contributed by atoms with E-state index in [0.717, 1.165) is 30.9 Å². The molecule has 2 aromatic heterocycles. The molecule has 0 bridgehead atoms. The molecule has 0 aliphatic carbocycles. The predicted molar refractivity (Wildman–Crippen MR) is 136 cm³/mol. The van der Waals surface area contributed by atoms with Gasteiger partial charge in [0.15, 0.2) is 0 Å². The van der Waals surface area contributed by atoms with Crippen molar-refractivity contribution in [2.75, 3.05) is 18.0 Å². The highest BCUT2D eigenvalue weighted by molar-refractivity contribution is 6.33. The van der Waals surface area contributed by atoms with Gasteiger partial charge in [-0.15, -0.1) is 0 Å². The minimum Gasteiger partial charge on any atom is -0.507 e. The zero-order chi connectivity index (χ0) is 24.0. The maximum absolute atomic E-state index is 12.3. The third-order valence-electron chi connectivity index (χ3n) is 6.15. The van der Waals surface area contributed by atoms with Crippen molar-refractivity contribution < 1.29 is 5.11 Å². The summed E-state index contributed by atoms with van der Waals surface area (Å²) >= 11 is 13.0. The van der Waals surface area contributed by atoms with E-state index in [1.165, 1.54) is 9.13 Å². The average molecular weight is 496 g/mol. The molecule has 0 amide bonds. The van der Waals surface area contributed by atoms with Gasteiger partial charge in [-0.2, -0.15) is 0 Å². The molecule has 3 N–H and O–H groups in total. The van der Waals surface area contributed by atoms with Crippen molar-refractivity contribution in [2.24, 2.45) is 12.8 Å². The van der Waals surface area contributed by atoms with Crippen molar-refractivity contribution in [2.45, 2.75) is 12.5 Å². The summed E-state index contributed by atoms with van der Waals surface area (Å²) in [5.41, 5.74) is 9.02. The highest BCUT2D eigenvalue weighted by atomic mass is 35.5. The quantitative estimate of drug-likeness (QED) is 0.436. The van der Waals surface area contributed by atoms with Crippen LogP contribution in [0.3, 0.4) is 0 Å². The van der Waals surface area contributed by atoms with Crippen molar-refractivity contribution in [3.8, 4) is 33.7 Å². The topological polar surface area (TPSA) is 89.3 Å². The zero-order valence-corrected chi connectivity index (χ0v) is 20.0. The summed E-state index contributed by atoms with van der Waals surface area (Å²) in [6, 6.07) is 12.6. The van der Waals surface area contributed by atoms with E-state index in [1.807, 2.05) is 12.1 Å². The van der Waals surface area contributed by atoms with Crippen LogP contribution in [-0.4, -0.2) is 38.4 Å². The molecule has 1 aliphatic rings. The van der Waals surface area contributed by atoms with Gasteiger partial charge in [-0.1, -0.05) is 29.3 Å². The number of aryl methyl sites for hydroxylation is 1. The van der Waals surface area contributed by atoms with E-state index in [2.05, 4.69) is 9.88 Å². The number of hydrogen-bond donors (Lipinski definition) is 2. The van der Waals surface area contributed by atoms with Gasteiger partial charge in [-0.3, -0.25) is 4.57 Å². The Morgan fingerprint density at radius 3 is 2.41 bits per heavy atom. The van der Waals surface area contributed by atoms with Crippen molar-refractivity contribution in [3.05, 3.63) is 81.6 Å². The molecule has 4 aromatic rings. The Morgan fingerprint density at radius 1 is 1.06 bits per heavy atom. The fraction of sp³-hybridized carbons (Fsp3) is 0.200. The Labute approximate surface area is 206 Å². The Balaban J connectivity index is 1.55. The second-order valence-corrected chi connectivity index (χ2v) is 9.32. The number of benzene rings is 2.